The minimum Gasteiger partial charge on any atom is -0.391 e. The molecular weight excluding hydrogens is 282 g/mol. The van der Waals surface area contributed by atoms with Crippen molar-refractivity contribution in [2.45, 2.75) is 76.9 Å². The first-order valence-corrected chi connectivity index (χ1v) is 9.08. The van der Waals surface area contributed by atoms with Gasteiger partial charge in [-0.1, -0.05) is 6.42 Å². The second-order valence-corrected chi connectivity index (χ2v) is 8.56. The fourth-order valence-corrected chi connectivity index (χ4v) is 6.58. The molecule has 1 saturated heterocycles. The zero-order chi connectivity index (χ0) is 13.7. The zero-order valence-corrected chi connectivity index (χ0v) is 14.3. The van der Waals surface area contributed by atoms with Gasteiger partial charge in [-0.05, 0) is 94.5 Å². The van der Waals surface area contributed by atoms with Crippen LogP contribution in [0.15, 0.2) is 0 Å². The van der Waals surface area contributed by atoms with Gasteiger partial charge in [0.15, 0.2) is 0 Å². The van der Waals surface area contributed by atoms with Gasteiger partial charge < -0.3 is 5.11 Å². The maximum Gasteiger partial charge on any atom is 0.0749 e. The van der Waals surface area contributed by atoms with Crippen LogP contribution in [0.1, 0.15) is 64.7 Å². The molecule has 0 aromatic heterocycles. The Morgan fingerprint density at radius 3 is 1.86 bits per heavy atom. The van der Waals surface area contributed by atoms with Crippen molar-refractivity contribution in [3.63, 3.8) is 0 Å². The fraction of sp³-hybridized carbons (Fsp3) is 1.00. The standard InChI is InChI=1S/C18H31NO.ClH/c1-13(19-5-3-2-4-6-19)17(20)18-10-14-7-15(11-18)9-16(8-14)12-18;/h13-17,20H,2-12H2,1H3;1H. The number of aliphatic hydroxyl groups excluding tert-OH is 1. The smallest absolute Gasteiger partial charge is 0.0749 e. The molecule has 4 bridgehead atoms. The number of hydrogen-bond acceptors (Lipinski definition) is 2. The summed E-state index contributed by atoms with van der Waals surface area (Å²) >= 11 is 0. The van der Waals surface area contributed by atoms with Gasteiger partial charge in [0.1, 0.15) is 0 Å². The molecule has 0 aromatic rings. The molecule has 4 saturated carbocycles. The zero-order valence-electron chi connectivity index (χ0n) is 13.5. The van der Waals surface area contributed by atoms with E-state index >= 15 is 0 Å². The van der Waals surface area contributed by atoms with Crippen LogP contribution in [0.5, 0.6) is 0 Å². The van der Waals surface area contributed by atoms with E-state index in [1.807, 2.05) is 0 Å². The van der Waals surface area contributed by atoms with E-state index in [9.17, 15) is 5.11 Å². The quantitative estimate of drug-likeness (QED) is 0.855. The summed E-state index contributed by atoms with van der Waals surface area (Å²) < 4.78 is 0. The second-order valence-electron chi connectivity index (χ2n) is 8.56. The van der Waals surface area contributed by atoms with Crippen molar-refractivity contribution in [1.82, 2.24) is 4.90 Å². The summed E-state index contributed by atoms with van der Waals surface area (Å²) in [4.78, 5) is 2.58. The Hall–Kier alpha value is 0.210. The van der Waals surface area contributed by atoms with Gasteiger partial charge in [-0.3, -0.25) is 4.90 Å². The Morgan fingerprint density at radius 2 is 1.38 bits per heavy atom. The van der Waals surface area contributed by atoms with Gasteiger partial charge in [-0.25, -0.2) is 0 Å². The number of rotatable bonds is 3. The molecule has 1 aliphatic heterocycles. The molecule has 5 fully saturated rings. The third-order valence-corrected chi connectivity index (χ3v) is 7.14. The van der Waals surface area contributed by atoms with Crippen LogP contribution in [-0.2, 0) is 0 Å². The molecule has 2 atom stereocenters. The Balaban J connectivity index is 0.00000132. The van der Waals surface area contributed by atoms with E-state index in [-0.39, 0.29) is 18.5 Å². The van der Waals surface area contributed by atoms with Gasteiger partial charge in [0, 0.05) is 6.04 Å². The van der Waals surface area contributed by atoms with Crippen LogP contribution >= 0.6 is 12.4 Å². The van der Waals surface area contributed by atoms with Crippen molar-refractivity contribution in [2.24, 2.45) is 23.2 Å². The summed E-state index contributed by atoms with van der Waals surface area (Å²) in [5.74, 6) is 2.85. The molecule has 2 unspecified atom stereocenters. The predicted octanol–water partition coefficient (Wildman–Crippen LogP) is 3.86. The van der Waals surface area contributed by atoms with Crippen molar-refractivity contribution in [2.75, 3.05) is 13.1 Å². The first-order valence-electron chi connectivity index (χ1n) is 9.08. The van der Waals surface area contributed by atoms with Crippen LogP contribution in [0, 0.1) is 23.2 Å². The first-order chi connectivity index (χ1) is 9.66. The van der Waals surface area contributed by atoms with Crippen LogP contribution in [0.3, 0.4) is 0 Å². The first kappa shape index (κ1) is 16.1. The van der Waals surface area contributed by atoms with Gasteiger partial charge in [0.25, 0.3) is 0 Å². The molecule has 4 aliphatic carbocycles. The minimum atomic E-state index is -0.0750. The Kier molecular flexibility index (Phi) is 4.61. The lowest BCUT2D eigenvalue weighted by atomic mass is 9.47. The number of halogens is 1. The molecule has 0 radical (unpaired) electrons. The Morgan fingerprint density at radius 1 is 0.905 bits per heavy atom. The monoisotopic (exact) mass is 313 g/mol. The van der Waals surface area contributed by atoms with E-state index in [2.05, 4.69) is 11.8 Å². The normalized spacial score (nSPS) is 45.1. The van der Waals surface area contributed by atoms with E-state index in [0.29, 0.717) is 11.5 Å². The van der Waals surface area contributed by atoms with Crippen molar-refractivity contribution in [3.05, 3.63) is 0 Å². The molecule has 1 heterocycles. The minimum absolute atomic E-state index is 0. The van der Waals surface area contributed by atoms with Gasteiger partial charge in [-0.15, -0.1) is 12.4 Å². The molecular formula is C18H32ClNO. The molecule has 21 heavy (non-hydrogen) atoms. The summed E-state index contributed by atoms with van der Waals surface area (Å²) in [7, 11) is 0. The highest BCUT2D eigenvalue weighted by atomic mass is 35.5. The Bertz CT molecular complexity index is 331. The van der Waals surface area contributed by atoms with Crippen molar-refractivity contribution in [1.29, 1.82) is 0 Å². The van der Waals surface area contributed by atoms with Gasteiger partial charge >= 0.3 is 0 Å². The fourth-order valence-electron chi connectivity index (χ4n) is 6.58. The molecule has 1 N–H and O–H groups in total. The van der Waals surface area contributed by atoms with E-state index in [1.54, 1.807) is 0 Å². The van der Waals surface area contributed by atoms with Crippen LogP contribution < -0.4 is 0 Å². The molecule has 0 aromatic carbocycles. The summed E-state index contributed by atoms with van der Waals surface area (Å²) in [5.41, 5.74) is 0.297. The molecule has 2 nitrogen and oxygen atoms in total. The summed E-state index contributed by atoms with van der Waals surface area (Å²) in [6, 6.07) is 0.381. The number of likely N-dealkylation sites (tertiary alicyclic amines) is 1. The van der Waals surface area contributed by atoms with Crippen LogP contribution in [0.4, 0.5) is 0 Å². The van der Waals surface area contributed by atoms with Gasteiger partial charge in [0.05, 0.1) is 6.10 Å². The van der Waals surface area contributed by atoms with Gasteiger partial charge in [-0.2, -0.15) is 0 Å². The average molecular weight is 314 g/mol. The highest BCUT2D eigenvalue weighted by Gasteiger charge is 2.55. The number of hydrogen-bond donors (Lipinski definition) is 1. The van der Waals surface area contributed by atoms with Crippen LogP contribution in [0.25, 0.3) is 0 Å². The maximum absolute atomic E-state index is 11.2. The van der Waals surface area contributed by atoms with Crippen molar-refractivity contribution < 1.29 is 5.11 Å². The van der Waals surface area contributed by atoms with E-state index in [0.717, 1.165) is 17.8 Å². The van der Waals surface area contributed by atoms with Crippen molar-refractivity contribution in [3.8, 4) is 0 Å². The Labute approximate surface area is 136 Å². The predicted molar refractivity (Wildman–Crippen MR) is 88.7 cm³/mol. The molecule has 5 rings (SSSR count). The van der Waals surface area contributed by atoms with Crippen molar-refractivity contribution >= 4 is 12.4 Å². The molecule has 122 valence electrons. The number of nitrogens with zero attached hydrogens (tertiary/aromatic N) is 1. The maximum atomic E-state index is 11.2. The molecule has 0 amide bonds. The summed E-state index contributed by atoms with van der Waals surface area (Å²) in [5, 5.41) is 11.2. The lowest BCUT2D eigenvalue weighted by Gasteiger charge is -2.59. The topological polar surface area (TPSA) is 23.5 Å². The van der Waals surface area contributed by atoms with Gasteiger partial charge in [0.2, 0.25) is 0 Å². The van der Waals surface area contributed by atoms with Crippen LogP contribution in [-0.4, -0.2) is 35.2 Å². The lowest BCUT2D eigenvalue weighted by molar-refractivity contribution is -0.142. The SMILES string of the molecule is CC(C(O)C12CC3CC(CC(C3)C1)C2)N1CCCCC1.Cl. The third kappa shape index (κ3) is 2.77. The highest BCUT2D eigenvalue weighted by Crippen LogP contribution is 2.61. The average Bonchev–Trinajstić information content (AvgIpc) is 2.45. The number of piperidine rings is 1. The lowest BCUT2D eigenvalue weighted by Crippen LogP contribution is -2.58. The molecule has 0 spiro atoms. The summed E-state index contributed by atoms with van der Waals surface area (Å²) in [6.07, 6.45) is 12.4. The van der Waals surface area contributed by atoms with Crippen LogP contribution in [0.2, 0.25) is 0 Å². The largest absolute Gasteiger partial charge is 0.391 e. The van der Waals surface area contributed by atoms with E-state index < -0.39 is 0 Å². The number of aliphatic hydroxyl groups is 1. The molecule has 3 heteroatoms. The van der Waals surface area contributed by atoms with E-state index in [1.165, 1.54) is 70.9 Å². The van der Waals surface area contributed by atoms with E-state index in [4.69, 9.17) is 0 Å². The second kappa shape index (κ2) is 6.02. The third-order valence-electron chi connectivity index (χ3n) is 7.14. The summed E-state index contributed by atoms with van der Waals surface area (Å²) in [6.45, 7) is 4.73. The molecule has 5 aliphatic rings. The highest BCUT2D eigenvalue weighted by molar-refractivity contribution is 5.85.